The monoisotopic (exact) mass is 226 g/mol. The van der Waals surface area contributed by atoms with E-state index in [0.717, 1.165) is 32.5 Å². The van der Waals surface area contributed by atoms with Gasteiger partial charge in [-0.05, 0) is 39.2 Å². The van der Waals surface area contributed by atoms with Gasteiger partial charge in [0.1, 0.15) is 6.61 Å². The van der Waals surface area contributed by atoms with Crippen LogP contribution in [-0.2, 0) is 9.53 Å². The van der Waals surface area contributed by atoms with Crippen LogP contribution in [-0.4, -0.2) is 49.2 Å². The van der Waals surface area contributed by atoms with Gasteiger partial charge in [0, 0.05) is 19.1 Å². The first-order chi connectivity index (χ1) is 7.81. The molecule has 1 aliphatic heterocycles. The van der Waals surface area contributed by atoms with Gasteiger partial charge in [0.15, 0.2) is 0 Å². The van der Waals surface area contributed by atoms with Crippen molar-refractivity contribution in [2.45, 2.75) is 44.8 Å². The normalized spacial score (nSPS) is 25.4. The van der Waals surface area contributed by atoms with Crippen molar-refractivity contribution in [1.82, 2.24) is 10.2 Å². The lowest BCUT2D eigenvalue weighted by atomic mass is 10.1. The summed E-state index contributed by atoms with van der Waals surface area (Å²) >= 11 is 0. The van der Waals surface area contributed by atoms with E-state index < -0.39 is 0 Å². The van der Waals surface area contributed by atoms with Crippen LogP contribution in [0.3, 0.4) is 0 Å². The summed E-state index contributed by atoms with van der Waals surface area (Å²) in [5.41, 5.74) is 0. The Hall–Kier alpha value is -0.610. The molecule has 2 rings (SSSR count). The minimum Gasteiger partial charge on any atom is -0.367 e. The predicted octanol–water partition coefficient (Wildman–Crippen LogP) is 0.766. The van der Waals surface area contributed by atoms with Crippen LogP contribution in [0.25, 0.3) is 0 Å². The maximum atomic E-state index is 11.9. The topological polar surface area (TPSA) is 41.6 Å². The first kappa shape index (κ1) is 11.9. The highest BCUT2D eigenvalue weighted by molar-refractivity contribution is 5.78. The van der Waals surface area contributed by atoms with E-state index in [1.165, 1.54) is 12.8 Å². The van der Waals surface area contributed by atoms with Crippen molar-refractivity contribution >= 4 is 5.91 Å². The molecule has 16 heavy (non-hydrogen) atoms. The van der Waals surface area contributed by atoms with Crippen LogP contribution in [0.5, 0.6) is 0 Å². The van der Waals surface area contributed by atoms with Gasteiger partial charge in [-0.1, -0.05) is 0 Å². The smallest absolute Gasteiger partial charge is 0.248 e. The third-order valence-electron chi connectivity index (χ3n) is 3.34. The fourth-order valence-corrected chi connectivity index (χ4v) is 2.26. The summed E-state index contributed by atoms with van der Waals surface area (Å²) in [6.07, 6.45) is 4.81. The number of amides is 1. The average Bonchev–Trinajstić information content (AvgIpc) is 3.13. The van der Waals surface area contributed by atoms with Gasteiger partial charge in [-0.15, -0.1) is 0 Å². The minimum atomic E-state index is 0.163. The van der Waals surface area contributed by atoms with Gasteiger partial charge in [0.2, 0.25) is 5.91 Å². The second kappa shape index (κ2) is 5.64. The van der Waals surface area contributed by atoms with Gasteiger partial charge in [-0.2, -0.15) is 0 Å². The van der Waals surface area contributed by atoms with Gasteiger partial charge in [-0.25, -0.2) is 0 Å². The van der Waals surface area contributed by atoms with Gasteiger partial charge in [-0.3, -0.25) is 4.79 Å². The lowest BCUT2D eigenvalue weighted by molar-refractivity contribution is -0.138. The molecular formula is C12H22N2O2. The molecule has 2 aliphatic rings. The Morgan fingerprint density at radius 3 is 2.81 bits per heavy atom. The molecule has 1 N–H and O–H groups in total. The molecule has 92 valence electrons. The number of rotatable bonds is 5. The van der Waals surface area contributed by atoms with E-state index in [9.17, 15) is 4.79 Å². The molecular weight excluding hydrogens is 204 g/mol. The van der Waals surface area contributed by atoms with Crippen molar-refractivity contribution in [3.8, 4) is 0 Å². The summed E-state index contributed by atoms with van der Waals surface area (Å²) < 4.78 is 5.65. The molecule has 0 aromatic rings. The highest BCUT2D eigenvalue weighted by Gasteiger charge is 2.31. The zero-order valence-corrected chi connectivity index (χ0v) is 10.1. The number of nitrogens with zero attached hydrogens (tertiary/aromatic N) is 1. The van der Waals surface area contributed by atoms with Crippen LogP contribution in [0.1, 0.15) is 32.6 Å². The van der Waals surface area contributed by atoms with Crippen LogP contribution in [0.4, 0.5) is 0 Å². The number of hydrogen-bond acceptors (Lipinski definition) is 3. The molecule has 2 fully saturated rings. The van der Waals surface area contributed by atoms with Gasteiger partial charge >= 0.3 is 0 Å². The summed E-state index contributed by atoms with van der Waals surface area (Å²) in [5.74, 6) is 0.163. The number of ether oxygens (including phenoxy) is 1. The lowest BCUT2D eigenvalue weighted by Gasteiger charge is -2.25. The molecule has 1 aliphatic carbocycles. The largest absolute Gasteiger partial charge is 0.367 e. The van der Waals surface area contributed by atoms with Crippen LogP contribution in [0, 0.1) is 0 Å². The fraction of sp³-hybridized carbons (Fsp3) is 0.917. The lowest BCUT2D eigenvalue weighted by Crippen LogP contribution is -2.40. The van der Waals surface area contributed by atoms with E-state index >= 15 is 0 Å². The van der Waals surface area contributed by atoms with E-state index in [2.05, 4.69) is 5.32 Å². The Kier molecular flexibility index (Phi) is 4.18. The van der Waals surface area contributed by atoms with Crippen LogP contribution < -0.4 is 5.32 Å². The minimum absolute atomic E-state index is 0.163. The summed E-state index contributed by atoms with van der Waals surface area (Å²) in [4.78, 5) is 13.8. The number of hydrogen-bond donors (Lipinski definition) is 1. The standard InChI is InChI=1S/C12H22N2O2/c1-2-14(10-5-6-10)12(15)9-16-11-4-3-7-13-8-11/h10-11,13H,2-9H2,1H3/t11-/m0/s1. The number of nitrogens with one attached hydrogen (secondary N) is 1. The third-order valence-corrected chi connectivity index (χ3v) is 3.34. The molecule has 0 bridgehead atoms. The molecule has 1 saturated carbocycles. The van der Waals surface area contributed by atoms with Crippen molar-refractivity contribution in [2.75, 3.05) is 26.2 Å². The molecule has 1 saturated heterocycles. The Labute approximate surface area is 97.3 Å². The van der Waals surface area contributed by atoms with E-state index in [0.29, 0.717) is 6.04 Å². The number of piperidine rings is 1. The molecule has 0 spiro atoms. The molecule has 1 heterocycles. The van der Waals surface area contributed by atoms with E-state index in [-0.39, 0.29) is 18.6 Å². The van der Waals surface area contributed by atoms with Gasteiger partial charge in [0.05, 0.1) is 6.10 Å². The molecule has 0 unspecified atom stereocenters. The second-order valence-electron chi connectivity index (χ2n) is 4.69. The van der Waals surface area contributed by atoms with Crippen LogP contribution in [0.15, 0.2) is 0 Å². The summed E-state index contributed by atoms with van der Waals surface area (Å²) in [5, 5.41) is 3.29. The van der Waals surface area contributed by atoms with Crippen molar-refractivity contribution in [1.29, 1.82) is 0 Å². The molecule has 1 amide bonds. The average molecular weight is 226 g/mol. The Morgan fingerprint density at radius 2 is 2.25 bits per heavy atom. The van der Waals surface area contributed by atoms with Crippen molar-refractivity contribution < 1.29 is 9.53 Å². The quantitative estimate of drug-likeness (QED) is 0.752. The molecule has 0 radical (unpaired) electrons. The van der Waals surface area contributed by atoms with E-state index in [1.54, 1.807) is 0 Å². The first-order valence-electron chi connectivity index (χ1n) is 6.43. The summed E-state index contributed by atoms with van der Waals surface area (Å²) in [7, 11) is 0. The van der Waals surface area contributed by atoms with Gasteiger partial charge < -0.3 is 15.0 Å². The molecule has 1 atom stereocenters. The molecule has 4 heteroatoms. The highest BCUT2D eigenvalue weighted by Crippen LogP contribution is 2.26. The van der Waals surface area contributed by atoms with Crippen LogP contribution >= 0.6 is 0 Å². The zero-order chi connectivity index (χ0) is 11.4. The highest BCUT2D eigenvalue weighted by atomic mass is 16.5. The summed E-state index contributed by atoms with van der Waals surface area (Å²) in [6, 6.07) is 0.505. The summed E-state index contributed by atoms with van der Waals surface area (Å²) in [6.45, 7) is 5.09. The van der Waals surface area contributed by atoms with E-state index in [1.807, 2.05) is 11.8 Å². The number of carbonyl (C=O) groups is 1. The van der Waals surface area contributed by atoms with Crippen molar-refractivity contribution in [3.63, 3.8) is 0 Å². The first-order valence-corrected chi connectivity index (χ1v) is 6.43. The Morgan fingerprint density at radius 1 is 1.44 bits per heavy atom. The predicted molar refractivity (Wildman–Crippen MR) is 62.3 cm³/mol. The Bertz CT molecular complexity index is 235. The maximum Gasteiger partial charge on any atom is 0.248 e. The molecule has 0 aromatic heterocycles. The molecule has 4 nitrogen and oxygen atoms in total. The Balaban J connectivity index is 1.69. The van der Waals surface area contributed by atoms with Crippen molar-refractivity contribution in [2.24, 2.45) is 0 Å². The van der Waals surface area contributed by atoms with Gasteiger partial charge in [0.25, 0.3) is 0 Å². The SMILES string of the molecule is CCN(C(=O)CO[C@H]1CCCNC1)C1CC1. The van der Waals surface area contributed by atoms with Crippen molar-refractivity contribution in [3.05, 3.63) is 0 Å². The number of carbonyl (C=O) groups excluding carboxylic acids is 1. The number of likely N-dealkylation sites (N-methyl/N-ethyl adjacent to an activating group) is 1. The maximum absolute atomic E-state index is 11.9. The zero-order valence-electron chi connectivity index (χ0n) is 10.1. The fourth-order valence-electron chi connectivity index (χ4n) is 2.26. The van der Waals surface area contributed by atoms with E-state index in [4.69, 9.17) is 4.74 Å². The molecule has 0 aromatic carbocycles. The second-order valence-corrected chi connectivity index (χ2v) is 4.69. The third kappa shape index (κ3) is 3.19. The van der Waals surface area contributed by atoms with Crippen LogP contribution in [0.2, 0.25) is 0 Å².